The van der Waals surface area contributed by atoms with Gasteiger partial charge in [0.25, 0.3) is 0 Å². The number of carbonyl (C=O) groups is 2. The summed E-state index contributed by atoms with van der Waals surface area (Å²) >= 11 is 0. The molecule has 2 amide bonds. The van der Waals surface area contributed by atoms with Crippen molar-refractivity contribution in [2.75, 3.05) is 19.7 Å². The van der Waals surface area contributed by atoms with Crippen LogP contribution in [0.1, 0.15) is 48.6 Å². The predicted molar refractivity (Wildman–Crippen MR) is 130 cm³/mol. The fraction of sp³-hybridized carbons (Fsp3) is 0.346. The highest BCUT2D eigenvalue weighted by atomic mass is 16.5. The van der Waals surface area contributed by atoms with E-state index in [0.29, 0.717) is 25.5 Å². The van der Waals surface area contributed by atoms with Crippen molar-refractivity contribution in [3.8, 4) is 5.75 Å². The topological polar surface area (TPSA) is 105 Å². The van der Waals surface area contributed by atoms with Gasteiger partial charge in [-0.2, -0.15) is 5.10 Å². The Labute approximate surface area is 200 Å². The molecule has 0 atom stereocenters. The smallest absolute Gasteiger partial charge is 0.407 e. The zero-order valence-electron chi connectivity index (χ0n) is 19.7. The molecule has 3 rings (SSSR count). The molecule has 8 nitrogen and oxygen atoms in total. The Morgan fingerprint density at radius 1 is 1.00 bits per heavy atom. The second-order valence-electron chi connectivity index (χ2n) is 8.25. The van der Waals surface area contributed by atoms with E-state index in [1.54, 1.807) is 0 Å². The molecule has 0 aliphatic carbocycles. The number of amides is 2. The van der Waals surface area contributed by atoms with E-state index in [0.717, 1.165) is 17.7 Å². The average molecular weight is 465 g/mol. The largest absolute Gasteiger partial charge is 0.494 e. The lowest BCUT2D eigenvalue weighted by Crippen LogP contribution is -2.37. The van der Waals surface area contributed by atoms with Crippen LogP contribution >= 0.6 is 0 Å². The Morgan fingerprint density at radius 3 is 2.50 bits per heavy atom. The van der Waals surface area contributed by atoms with Crippen LogP contribution in [0.3, 0.4) is 0 Å². The van der Waals surface area contributed by atoms with Gasteiger partial charge in [-0.3, -0.25) is 9.89 Å². The molecule has 2 aromatic carbocycles. The fourth-order valence-electron chi connectivity index (χ4n) is 3.36. The summed E-state index contributed by atoms with van der Waals surface area (Å²) in [4.78, 5) is 23.5. The lowest BCUT2D eigenvalue weighted by atomic mass is 10.0. The summed E-state index contributed by atoms with van der Waals surface area (Å²) in [6, 6.07) is 17.4. The predicted octanol–water partition coefficient (Wildman–Crippen LogP) is 3.94. The highest BCUT2D eigenvalue weighted by molar-refractivity contribution is 5.82. The first-order valence-electron chi connectivity index (χ1n) is 11.5. The van der Waals surface area contributed by atoms with Crippen molar-refractivity contribution in [2.45, 2.75) is 39.2 Å². The van der Waals surface area contributed by atoms with Crippen molar-refractivity contribution in [3.05, 3.63) is 83.2 Å². The lowest BCUT2D eigenvalue weighted by molar-refractivity contribution is -0.120. The van der Waals surface area contributed by atoms with Crippen LogP contribution in [-0.2, 0) is 22.6 Å². The maximum atomic E-state index is 11.9. The first-order valence-corrected chi connectivity index (χ1v) is 11.5. The van der Waals surface area contributed by atoms with Gasteiger partial charge in [-0.1, -0.05) is 56.3 Å². The van der Waals surface area contributed by atoms with E-state index >= 15 is 0 Å². The minimum absolute atomic E-state index is 0.134. The molecule has 0 saturated heterocycles. The van der Waals surface area contributed by atoms with Gasteiger partial charge in [0.1, 0.15) is 12.4 Å². The van der Waals surface area contributed by atoms with Crippen molar-refractivity contribution in [3.63, 3.8) is 0 Å². The molecule has 0 unspecified atom stereocenters. The zero-order chi connectivity index (χ0) is 24.2. The second kappa shape index (κ2) is 13.0. The number of ether oxygens (including phenoxy) is 2. The van der Waals surface area contributed by atoms with Crippen LogP contribution in [-0.4, -0.2) is 41.9 Å². The van der Waals surface area contributed by atoms with Crippen molar-refractivity contribution in [1.29, 1.82) is 0 Å². The number of rotatable bonds is 12. The van der Waals surface area contributed by atoms with Crippen LogP contribution in [0.15, 0.2) is 60.8 Å². The molecule has 0 spiro atoms. The molecule has 1 heterocycles. The van der Waals surface area contributed by atoms with E-state index in [1.165, 1.54) is 16.8 Å². The molecule has 0 saturated carbocycles. The number of aromatic nitrogens is 2. The number of alkyl carbamates (subject to hydrolysis) is 1. The third-order valence-electron chi connectivity index (χ3n) is 5.16. The summed E-state index contributed by atoms with van der Waals surface area (Å²) in [6.45, 7) is 5.25. The molecule has 0 bridgehead atoms. The molecule has 0 aliphatic rings. The molecule has 0 radical (unpaired) electrons. The van der Waals surface area contributed by atoms with E-state index < -0.39 is 6.09 Å². The fourth-order valence-corrected chi connectivity index (χ4v) is 3.36. The zero-order valence-corrected chi connectivity index (χ0v) is 19.7. The molecule has 0 aliphatic heterocycles. The van der Waals surface area contributed by atoms with Crippen molar-refractivity contribution in [1.82, 2.24) is 20.8 Å². The third-order valence-corrected chi connectivity index (χ3v) is 5.16. The van der Waals surface area contributed by atoms with Crippen LogP contribution < -0.4 is 15.4 Å². The van der Waals surface area contributed by atoms with Gasteiger partial charge in [0, 0.05) is 18.7 Å². The Hall–Kier alpha value is -3.81. The van der Waals surface area contributed by atoms with E-state index in [2.05, 4.69) is 46.8 Å². The maximum absolute atomic E-state index is 11.9. The number of aromatic amines is 1. The molecule has 0 fully saturated rings. The Bertz CT molecular complexity index is 1030. The highest BCUT2D eigenvalue weighted by Crippen LogP contribution is 2.21. The van der Waals surface area contributed by atoms with E-state index in [1.807, 2.05) is 48.7 Å². The molecule has 8 heteroatoms. The average Bonchev–Trinajstić information content (AvgIpc) is 3.31. The highest BCUT2D eigenvalue weighted by Gasteiger charge is 2.10. The first-order chi connectivity index (χ1) is 16.5. The van der Waals surface area contributed by atoms with Gasteiger partial charge < -0.3 is 20.1 Å². The lowest BCUT2D eigenvalue weighted by Gasteiger charge is -2.10. The summed E-state index contributed by atoms with van der Waals surface area (Å²) in [5.74, 6) is 0.917. The molecule has 3 aromatic rings. The van der Waals surface area contributed by atoms with E-state index in [-0.39, 0.29) is 19.1 Å². The van der Waals surface area contributed by atoms with Crippen molar-refractivity contribution >= 4 is 12.0 Å². The van der Waals surface area contributed by atoms with Crippen molar-refractivity contribution in [2.24, 2.45) is 0 Å². The molecule has 3 N–H and O–H groups in total. The normalized spacial score (nSPS) is 10.7. The number of nitrogens with one attached hydrogen (secondary N) is 3. The van der Waals surface area contributed by atoms with Gasteiger partial charge in [0.15, 0.2) is 0 Å². The van der Waals surface area contributed by atoms with Crippen LogP contribution in [0.2, 0.25) is 0 Å². The summed E-state index contributed by atoms with van der Waals surface area (Å²) < 4.78 is 10.8. The van der Waals surface area contributed by atoms with E-state index in [9.17, 15) is 9.59 Å². The summed E-state index contributed by atoms with van der Waals surface area (Å²) in [7, 11) is 0. The van der Waals surface area contributed by atoms with Gasteiger partial charge in [-0.05, 0) is 41.2 Å². The quantitative estimate of drug-likeness (QED) is 0.352. The van der Waals surface area contributed by atoms with Crippen molar-refractivity contribution < 1.29 is 19.1 Å². The summed E-state index contributed by atoms with van der Waals surface area (Å²) in [5.41, 5.74) is 4.45. The monoisotopic (exact) mass is 464 g/mol. The Kier molecular flexibility index (Phi) is 9.52. The SMILES string of the molecule is CC(C)c1[nH]ncc1Cc1ccc(OCCCNC(=O)CNC(=O)OCc2ccccc2)cc1. The number of nitrogens with zero attached hydrogens (tertiary/aromatic N) is 1. The maximum Gasteiger partial charge on any atom is 0.407 e. The number of carbonyl (C=O) groups excluding carboxylic acids is 2. The Balaban J connectivity index is 1.26. The molecular weight excluding hydrogens is 432 g/mol. The van der Waals surface area contributed by atoms with Gasteiger partial charge in [-0.25, -0.2) is 4.79 Å². The van der Waals surface area contributed by atoms with E-state index in [4.69, 9.17) is 9.47 Å². The standard InChI is InChI=1S/C26H32N4O4/c1-19(2)25-22(16-29-30-25)15-20-9-11-23(12-10-20)33-14-6-13-27-24(31)17-28-26(32)34-18-21-7-4-3-5-8-21/h3-5,7-12,16,19H,6,13-15,17-18H2,1-2H3,(H,27,31)(H,28,32)(H,29,30). The molecule has 1 aromatic heterocycles. The molecule has 34 heavy (non-hydrogen) atoms. The van der Waals surface area contributed by atoms with Crippen LogP contribution in [0, 0.1) is 0 Å². The number of hydrogen-bond acceptors (Lipinski definition) is 5. The van der Waals surface area contributed by atoms with Gasteiger partial charge in [0.05, 0.1) is 19.3 Å². The van der Waals surface area contributed by atoms with Crippen LogP contribution in [0.5, 0.6) is 5.75 Å². The summed E-state index contributed by atoms with van der Waals surface area (Å²) in [6.07, 6.45) is 2.74. The molecule has 180 valence electrons. The minimum Gasteiger partial charge on any atom is -0.494 e. The molecular formula is C26H32N4O4. The summed E-state index contributed by atoms with van der Waals surface area (Å²) in [5, 5.41) is 12.4. The number of benzene rings is 2. The second-order valence-corrected chi connectivity index (χ2v) is 8.25. The van der Waals surface area contributed by atoms with Crippen LogP contribution in [0.4, 0.5) is 4.79 Å². The minimum atomic E-state index is -0.626. The number of H-pyrrole nitrogens is 1. The van der Waals surface area contributed by atoms with Crippen LogP contribution in [0.25, 0.3) is 0 Å². The number of hydrogen-bond donors (Lipinski definition) is 3. The Morgan fingerprint density at radius 2 is 1.76 bits per heavy atom. The van der Waals surface area contributed by atoms with Gasteiger partial charge >= 0.3 is 6.09 Å². The first kappa shape index (κ1) is 24.8. The van der Waals surface area contributed by atoms with Gasteiger partial charge in [-0.15, -0.1) is 0 Å². The third kappa shape index (κ3) is 8.27. The van der Waals surface area contributed by atoms with Gasteiger partial charge in [0.2, 0.25) is 5.91 Å².